The third-order valence-corrected chi connectivity index (χ3v) is 9.23. The Morgan fingerprint density at radius 1 is 0.886 bits per heavy atom. The van der Waals surface area contributed by atoms with Crippen LogP contribution < -0.4 is 16.4 Å². The highest BCUT2D eigenvalue weighted by atomic mass is 33.1. The van der Waals surface area contributed by atoms with E-state index >= 15 is 0 Å². The van der Waals surface area contributed by atoms with Gasteiger partial charge in [-0.25, -0.2) is 0 Å². The van der Waals surface area contributed by atoms with Crippen LogP contribution in [0.1, 0.15) is 82.5 Å². The van der Waals surface area contributed by atoms with E-state index in [-0.39, 0.29) is 23.0 Å². The predicted octanol–water partition coefficient (Wildman–Crippen LogP) is 7.42. The van der Waals surface area contributed by atoms with Crippen LogP contribution in [0.5, 0.6) is 0 Å². The minimum atomic E-state index is -0.758. The molecule has 0 saturated heterocycles. The van der Waals surface area contributed by atoms with Crippen molar-refractivity contribution in [3.63, 3.8) is 0 Å². The molecule has 1 aromatic heterocycles. The van der Waals surface area contributed by atoms with E-state index in [0.29, 0.717) is 24.3 Å². The van der Waals surface area contributed by atoms with Gasteiger partial charge in [-0.1, -0.05) is 101 Å². The molecular formula is C35H50N4O3S2. The van der Waals surface area contributed by atoms with E-state index in [1.807, 2.05) is 26.0 Å². The van der Waals surface area contributed by atoms with Crippen LogP contribution in [-0.4, -0.2) is 45.8 Å². The Morgan fingerprint density at radius 3 is 1.93 bits per heavy atom. The van der Waals surface area contributed by atoms with Crippen molar-refractivity contribution < 1.29 is 14.4 Å². The molecule has 44 heavy (non-hydrogen) atoms. The lowest BCUT2D eigenvalue weighted by molar-refractivity contribution is -0.126. The molecular weight excluding hydrogens is 589 g/mol. The molecule has 240 valence electrons. The molecule has 0 spiro atoms. The maximum absolute atomic E-state index is 12.4. The number of hydrogen-bond acceptors (Lipinski definition) is 6. The average molecular weight is 639 g/mol. The number of pyridine rings is 1. The van der Waals surface area contributed by atoms with Gasteiger partial charge >= 0.3 is 0 Å². The van der Waals surface area contributed by atoms with Crippen LogP contribution >= 0.6 is 21.6 Å². The monoisotopic (exact) mass is 638 g/mol. The zero-order valence-corrected chi connectivity index (χ0v) is 28.1. The smallest absolute Gasteiger partial charge is 0.252 e. The molecule has 9 heteroatoms. The van der Waals surface area contributed by atoms with Crippen molar-refractivity contribution in [2.24, 2.45) is 5.73 Å². The SMILES string of the molecule is CC/C=C\C/C=C\C/C=C\C/C=C\C/C=C\C/C=C\CCC(=O)N[C@@H](CSSC(C)(C)CNC(=O)c1cccnc1)C(N)=O. The second-order valence-corrected chi connectivity index (χ2v) is 13.6. The summed E-state index contributed by atoms with van der Waals surface area (Å²) in [7, 11) is 2.97. The molecule has 0 saturated carbocycles. The number of amides is 3. The van der Waals surface area contributed by atoms with Gasteiger partial charge in [-0.2, -0.15) is 0 Å². The third-order valence-electron chi connectivity index (χ3n) is 5.93. The number of allylic oxidation sites excluding steroid dienone is 12. The lowest BCUT2D eigenvalue weighted by atomic mass is 10.2. The summed E-state index contributed by atoms with van der Waals surface area (Å²) in [6, 6.07) is 2.66. The van der Waals surface area contributed by atoms with Gasteiger partial charge in [0, 0.05) is 35.9 Å². The van der Waals surface area contributed by atoms with Gasteiger partial charge in [-0.05, 0) is 70.9 Å². The van der Waals surface area contributed by atoms with Crippen LogP contribution in [0.15, 0.2) is 97.4 Å². The molecule has 0 unspecified atom stereocenters. The van der Waals surface area contributed by atoms with Gasteiger partial charge in [0.15, 0.2) is 0 Å². The first-order valence-corrected chi connectivity index (χ1v) is 17.5. The van der Waals surface area contributed by atoms with E-state index in [1.54, 1.807) is 18.3 Å². The molecule has 0 radical (unpaired) electrons. The normalized spacial score (nSPS) is 13.2. The quantitative estimate of drug-likeness (QED) is 0.0849. The van der Waals surface area contributed by atoms with Gasteiger partial charge in [-0.3, -0.25) is 19.4 Å². The third kappa shape index (κ3) is 21.4. The molecule has 0 aliphatic carbocycles. The fourth-order valence-corrected chi connectivity index (χ4v) is 6.15. The highest BCUT2D eigenvalue weighted by Crippen LogP contribution is 2.35. The van der Waals surface area contributed by atoms with Crippen LogP contribution in [0, 0.1) is 0 Å². The van der Waals surface area contributed by atoms with E-state index in [4.69, 9.17) is 5.73 Å². The minimum absolute atomic E-state index is 0.189. The number of carbonyl (C=O) groups excluding carboxylic acids is 3. The summed E-state index contributed by atoms with van der Waals surface area (Å²) in [6.45, 7) is 6.57. The van der Waals surface area contributed by atoms with Crippen molar-refractivity contribution in [2.45, 2.75) is 82.9 Å². The number of carbonyl (C=O) groups is 3. The van der Waals surface area contributed by atoms with E-state index in [0.717, 1.165) is 38.5 Å². The Morgan fingerprint density at radius 2 is 1.43 bits per heavy atom. The molecule has 0 fully saturated rings. The van der Waals surface area contributed by atoms with Crippen molar-refractivity contribution in [2.75, 3.05) is 12.3 Å². The minimum Gasteiger partial charge on any atom is -0.368 e. The van der Waals surface area contributed by atoms with Gasteiger partial charge in [0.2, 0.25) is 11.8 Å². The second kappa shape index (κ2) is 25.1. The first kappa shape index (κ1) is 38.7. The molecule has 7 nitrogen and oxygen atoms in total. The summed E-state index contributed by atoms with van der Waals surface area (Å²) >= 11 is 0. The van der Waals surface area contributed by atoms with Crippen molar-refractivity contribution in [3.8, 4) is 0 Å². The summed E-state index contributed by atoms with van der Waals surface area (Å²) in [5, 5.41) is 5.65. The zero-order valence-electron chi connectivity index (χ0n) is 26.5. The van der Waals surface area contributed by atoms with Gasteiger partial charge in [-0.15, -0.1) is 0 Å². The summed E-state index contributed by atoms with van der Waals surface area (Å²) in [6.07, 6.45) is 35.5. The Kier molecular flexibility index (Phi) is 22.1. The number of primary amides is 1. The van der Waals surface area contributed by atoms with Crippen LogP contribution in [0.25, 0.3) is 0 Å². The molecule has 3 amide bonds. The van der Waals surface area contributed by atoms with Crippen molar-refractivity contribution in [1.29, 1.82) is 0 Å². The Labute approximate surface area is 272 Å². The zero-order chi connectivity index (χ0) is 32.3. The maximum Gasteiger partial charge on any atom is 0.252 e. The number of nitrogens with two attached hydrogens (primary N) is 1. The molecule has 0 aromatic carbocycles. The van der Waals surface area contributed by atoms with Crippen LogP contribution in [0.2, 0.25) is 0 Å². The maximum atomic E-state index is 12.4. The largest absolute Gasteiger partial charge is 0.368 e. The standard InChI is InChI=1S/C35H50N4O3S2/c1-4-5-6-7-8-9-10-11-12-13-14-15-16-17-18-19-20-21-22-25-32(40)39-31(33(36)41)28-43-44-35(2,3)29-38-34(42)30-24-23-26-37-27-30/h5-6,8-9,11-12,14-15,17-18,20-21,23-24,26-27,31H,4,7,10,13,16,19,22,25,28-29H2,1-3H3,(H2,36,41)(H,38,42)(H,39,40)/b6-5-,9-8-,12-11-,15-14-,18-17-,21-20-/t31-/m0/s1. The lowest BCUT2D eigenvalue weighted by Gasteiger charge is -2.24. The first-order chi connectivity index (χ1) is 21.2. The van der Waals surface area contributed by atoms with Crippen LogP contribution in [0.3, 0.4) is 0 Å². The summed E-state index contributed by atoms with van der Waals surface area (Å²) in [5.41, 5.74) is 6.03. The molecule has 0 aliphatic heterocycles. The number of rotatable bonds is 23. The fourth-order valence-electron chi connectivity index (χ4n) is 3.50. The summed E-state index contributed by atoms with van der Waals surface area (Å²) in [5.74, 6) is -0.623. The average Bonchev–Trinajstić information content (AvgIpc) is 3.00. The van der Waals surface area contributed by atoms with Gasteiger partial charge in [0.1, 0.15) is 6.04 Å². The highest BCUT2D eigenvalue weighted by Gasteiger charge is 2.23. The fraction of sp³-hybridized carbons (Fsp3) is 0.429. The van der Waals surface area contributed by atoms with Gasteiger partial charge in [0.05, 0.1) is 5.56 Å². The molecule has 1 rings (SSSR count). The van der Waals surface area contributed by atoms with E-state index in [1.165, 1.54) is 27.8 Å². The van der Waals surface area contributed by atoms with Crippen molar-refractivity contribution >= 4 is 39.3 Å². The number of hydrogen-bond donors (Lipinski definition) is 3. The van der Waals surface area contributed by atoms with E-state index in [2.05, 4.69) is 83.3 Å². The van der Waals surface area contributed by atoms with E-state index < -0.39 is 11.9 Å². The summed E-state index contributed by atoms with van der Waals surface area (Å²) in [4.78, 5) is 40.5. The Balaban J connectivity index is 2.18. The number of nitrogens with one attached hydrogen (secondary N) is 2. The Hall–Kier alpha value is -3.30. The number of nitrogens with zero attached hydrogens (tertiary/aromatic N) is 1. The van der Waals surface area contributed by atoms with Crippen LogP contribution in [-0.2, 0) is 9.59 Å². The molecule has 4 N–H and O–H groups in total. The second-order valence-electron chi connectivity index (χ2n) is 10.5. The summed E-state index contributed by atoms with van der Waals surface area (Å²) < 4.78 is -0.301. The first-order valence-electron chi connectivity index (χ1n) is 15.2. The van der Waals surface area contributed by atoms with E-state index in [9.17, 15) is 14.4 Å². The highest BCUT2D eigenvalue weighted by molar-refractivity contribution is 8.77. The molecule has 1 heterocycles. The molecule has 0 bridgehead atoms. The molecule has 0 aliphatic rings. The topological polar surface area (TPSA) is 114 Å². The molecule has 1 aromatic rings. The lowest BCUT2D eigenvalue weighted by Crippen LogP contribution is -2.46. The predicted molar refractivity (Wildman–Crippen MR) is 189 cm³/mol. The molecule has 1 atom stereocenters. The Bertz CT molecular complexity index is 1140. The number of aromatic nitrogens is 1. The van der Waals surface area contributed by atoms with Crippen molar-refractivity contribution in [1.82, 2.24) is 15.6 Å². The van der Waals surface area contributed by atoms with Gasteiger partial charge < -0.3 is 16.4 Å². The van der Waals surface area contributed by atoms with Crippen LogP contribution in [0.4, 0.5) is 0 Å². The van der Waals surface area contributed by atoms with Crippen molar-refractivity contribution in [3.05, 3.63) is 103 Å². The van der Waals surface area contributed by atoms with Gasteiger partial charge in [0.25, 0.3) is 5.91 Å².